The molecule has 1 aromatic heterocycles. The minimum Gasteiger partial charge on any atom is -0.379 e. The van der Waals surface area contributed by atoms with E-state index in [1.54, 1.807) is 18.2 Å². The lowest BCUT2D eigenvalue weighted by Crippen LogP contribution is -2.35. The molecule has 1 saturated heterocycles. The summed E-state index contributed by atoms with van der Waals surface area (Å²) in [4.78, 5) is 18.8. The molecule has 7 nitrogen and oxygen atoms in total. The van der Waals surface area contributed by atoms with E-state index in [4.69, 9.17) is 4.74 Å². The van der Waals surface area contributed by atoms with Crippen LogP contribution in [0.2, 0.25) is 0 Å². The van der Waals surface area contributed by atoms with Gasteiger partial charge in [-0.25, -0.2) is 9.37 Å². The predicted octanol–water partition coefficient (Wildman–Crippen LogP) is 3.17. The van der Waals surface area contributed by atoms with Gasteiger partial charge in [-0.15, -0.1) is 5.10 Å². The largest absolute Gasteiger partial charge is 0.379 e. The molecule has 0 atom stereocenters. The second-order valence-corrected chi connectivity index (χ2v) is 7.81. The zero-order valence-electron chi connectivity index (χ0n) is 16.3. The number of hydrogen-bond acceptors (Lipinski definition) is 6. The van der Waals surface area contributed by atoms with E-state index >= 15 is 0 Å². The number of carbonyl (C=O) groups is 1. The van der Waals surface area contributed by atoms with Gasteiger partial charge in [-0.3, -0.25) is 14.8 Å². The van der Waals surface area contributed by atoms with Crippen molar-refractivity contribution in [2.75, 3.05) is 37.4 Å². The van der Waals surface area contributed by atoms with Crippen LogP contribution in [0.5, 0.6) is 0 Å². The van der Waals surface area contributed by atoms with Crippen molar-refractivity contribution in [3.63, 3.8) is 0 Å². The van der Waals surface area contributed by atoms with Gasteiger partial charge in [0, 0.05) is 25.3 Å². The van der Waals surface area contributed by atoms with Crippen molar-refractivity contribution < 1.29 is 13.9 Å². The monoisotopic (exact) mass is 427 g/mol. The van der Waals surface area contributed by atoms with Gasteiger partial charge in [-0.05, 0) is 29.8 Å². The number of nitrogens with one attached hydrogen (secondary N) is 2. The minimum atomic E-state index is -0.375. The Labute approximate surface area is 178 Å². The van der Waals surface area contributed by atoms with Gasteiger partial charge in [0.15, 0.2) is 5.82 Å². The quantitative estimate of drug-likeness (QED) is 0.564. The minimum absolute atomic E-state index is 0.154. The molecule has 2 heterocycles. The first-order valence-corrected chi connectivity index (χ1v) is 10.6. The number of carbonyl (C=O) groups excluding carboxylic acids is 1. The molecule has 0 aliphatic carbocycles. The van der Waals surface area contributed by atoms with Crippen molar-refractivity contribution in [2.24, 2.45) is 0 Å². The van der Waals surface area contributed by atoms with Gasteiger partial charge in [0.1, 0.15) is 5.82 Å². The third-order valence-electron chi connectivity index (χ3n) is 4.67. The molecule has 0 unspecified atom stereocenters. The molecular weight excluding hydrogens is 405 g/mol. The van der Waals surface area contributed by atoms with Gasteiger partial charge in [0.05, 0.1) is 24.5 Å². The molecule has 1 aliphatic heterocycles. The lowest BCUT2D eigenvalue weighted by Gasteiger charge is -2.26. The summed E-state index contributed by atoms with van der Waals surface area (Å²) in [7, 11) is 0. The fraction of sp³-hybridized carbons (Fsp3) is 0.286. The molecule has 0 saturated carbocycles. The van der Waals surface area contributed by atoms with Crippen molar-refractivity contribution in [1.82, 2.24) is 20.1 Å². The molecule has 0 radical (unpaired) electrons. The Morgan fingerprint density at radius 2 is 1.93 bits per heavy atom. The molecule has 4 rings (SSSR count). The summed E-state index contributed by atoms with van der Waals surface area (Å²) in [5.74, 6) is -0.0329. The van der Waals surface area contributed by atoms with Gasteiger partial charge >= 0.3 is 0 Å². The Bertz CT molecular complexity index is 989. The number of hydrogen-bond donors (Lipinski definition) is 2. The Kier molecular flexibility index (Phi) is 6.73. The molecule has 9 heteroatoms. The van der Waals surface area contributed by atoms with Gasteiger partial charge in [0.2, 0.25) is 11.1 Å². The number of thioether (sulfide) groups is 1. The first-order valence-electron chi connectivity index (χ1n) is 9.66. The Balaban J connectivity index is 1.26. The highest BCUT2D eigenvalue weighted by atomic mass is 32.2. The number of aromatic amines is 1. The van der Waals surface area contributed by atoms with E-state index in [2.05, 4.69) is 25.4 Å². The van der Waals surface area contributed by atoms with E-state index in [1.807, 2.05) is 24.3 Å². The van der Waals surface area contributed by atoms with Gasteiger partial charge in [-0.1, -0.05) is 36.0 Å². The number of benzene rings is 2. The average molecular weight is 428 g/mol. The zero-order valence-corrected chi connectivity index (χ0v) is 17.1. The smallest absolute Gasteiger partial charge is 0.234 e. The van der Waals surface area contributed by atoms with Crippen LogP contribution in [-0.4, -0.2) is 58.0 Å². The van der Waals surface area contributed by atoms with Crippen LogP contribution in [0, 0.1) is 5.82 Å². The van der Waals surface area contributed by atoms with Crippen LogP contribution in [0.1, 0.15) is 5.56 Å². The Morgan fingerprint density at radius 3 is 2.70 bits per heavy atom. The molecule has 30 heavy (non-hydrogen) atoms. The normalized spacial score (nSPS) is 14.6. The molecule has 2 aromatic carbocycles. The Hall–Kier alpha value is -2.75. The number of aromatic nitrogens is 3. The third-order valence-corrected chi connectivity index (χ3v) is 5.52. The van der Waals surface area contributed by atoms with E-state index in [1.165, 1.54) is 23.4 Å². The highest BCUT2D eigenvalue weighted by Gasteiger charge is 2.13. The second-order valence-electron chi connectivity index (χ2n) is 6.87. The maximum Gasteiger partial charge on any atom is 0.234 e. The Morgan fingerprint density at radius 1 is 1.17 bits per heavy atom. The summed E-state index contributed by atoms with van der Waals surface area (Å²) < 4.78 is 19.2. The fourth-order valence-electron chi connectivity index (χ4n) is 3.12. The first kappa shape index (κ1) is 20.5. The SMILES string of the molecule is O=C(CSc1n[nH]c(-c2ccccc2F)n1)Nc1ccc(CN2CCOCC2)cc1. The standard InChI is InChI=1S/C21H22FN5O2S/c22-18-4-2-1-3-17(18)20-24-21(26-25-20)30-14-19(28)23-16-7-5-15(6-8-16)13-27-9-11-29-12-10-27/h1-8H,9-14H2,(H,23,28)(H,24,25,26). The van der Waals surface area contributed by atoms with Crippen molar-refractivity contribution in [2.45, 2.75) is 11.7 Å². The summed E-state index contributed by atoms with van der Waals surface area (Å²) >= 11 is 1.19. The van der Waals surface area contributed by atoms with Crippen molar-refractivity contribution in [3.8, 4) is 11.4 Å². The van der Waals surface area contributed by atoms with Crippen molar-refractivity contribution >= 4 is 23.4 Å². The summed E-state index contributed by atoms with van der Waals surface area (Å²) in [6.07, 6.45) is 0. The molecular formula is C21H22FN5O2S. The van der Waals surface area contributed by atoms with Gasteiger partial charge in [0.25, 0.3) is 0 Å². The van der Waals surface area contributed by atoms with Gasteiger partial charge < -0.3 is 10.1 Å². The zero-order chi connectivity index (χ0) is 20.8. The number of anilines is 1. The molecule has 156 valence electrons. The molecule has 2 N–H and O–H groups in total. The summed E-state index contributed by atoms with van der Waals surface area (Å²) in [6, 6.07) is 14.2. The van der Waals surface area contributed by atoms with Crippen LogP contribution in [0.4, 0.5) is 10.1 Å². The number of rotatable bonds is 7. The number of halogens is 1. The van der Waals surface area contributed by atoms with E-state index in [0.29, 0.717) is 16.5 Å². The number of nitrogens with zero attached hydrogens (tertiary/aromatic N) is 3. The van der Waals surface area contributed by atoms with Crippen molar-refractivity contribution in [1.29, 1.82) is 0 Å². The van der Waals surface area contributed by atoms with Crippen LogP contribution in [0.15, 0.2) is 53.7 Å². The van der Waals surface area contributed by atoms with E-state index < -0.39 is 0 Å². The van der Waals surface area contributed by atoms with E-state index in [9.17, 15) is 9.18 Å². The van der Waals surface area contributed by atoms with Crippen LogP contribution < -0.4 is 5.32 Å². The molecule has 1 amide bonds. The van der Waals surface area contributed by atoms with E-state index in [0.717, 1.165) is 38.5 Å². The lowest BCUT2D eigenvalue weighted by atomic mass is 10.2. The summed E-state index contributed by atoms with van der Waals surface area (Å²) in [5, 5.41) is 10.0. The molecule has 1 aliphatic rings. The highest BCUT2D eigenvalue weighted by molar-refractivity contribution is 7.99. The topological polar surface area (TPSA) is 83.1 Å². The number of H-pyrrole nitrogens is 1. The van der Waals surface area contributed by atoms with Crippen LogP contribution in [0.3, 0.4) is 0 Å². The molecule has 1 fully saturated rings. The maximum atomic E-state index is 13.8. The number of morpholine rings is 1. The maximum absolute atomic E-state index is 13.8. The number of amides is 1. The first-order chi connectivity index (χ1) is 14.7. The van der Waals surface area contributed by atoms with E-state index in [-0.39, 0.29) is 17.5 Å². The summed E-state index contributed by atoms with van der Waals surface area (Å²) in [6.45, 7) is 4.31. The van der Waals surface area contributed by atoms with Crippen LogP contribution in [0.25, 0.3) is 11.4 Å². The summed E-state index contributed by atoms with van der Waals surface area (Å²) in [5.41, 5.74) is 2.29. The average Bonchev–Trinajstić information content (AvgIpc) is 3.24. The van der Waals surface area contributed by atoms with Crippen molar-refractivity contribution in [3.05, 3.63) is 59.9 Å². The lowest BCUT2D eigenvalue weighted by molar-refractivity contribution is -0.113. The molecule has 0 bridgehead atoms. The fourth-order valence-corrected chi connectivity index (χ4v) is 3.72. The van der Waals surface area contributed by atoms with Crippen LogP contribution >= 0.6 is 11.8 Å². The second kappa shape index (κ2) is 9.84. The van der Waals surface area contributed by atoms with Crippen LogP contribution in [-0.2, 0) is 16.1 Å². The number of ether oxygens (including phenoxy) is 1. The predicted molar refractivity (Wildman–Crippen MR) is 114 cm³/mol. The highest BCUT2D eigenvalue weighted by Crippen LogP contribution is 2.22. The molecule has 0 spiro atoms. The third kappa shape index (κ3) is 5.44. The molecule has 3 aromatic rings. The van der Waals surface area contributed by atoms with Gasteiger partial charge in [-0.2, -0.15) is 0 Å².